The summed E-state index contributed by atoms with van der Waals surface area (Å²) in [5.41, 5.74) is 0.632. The predicted octanol–water partition coefficient (Wildman–Crippen LogP) is 5.11. The Kier molecular flexibility index (Phi) is 5.63. The average molecular weight is 460 g/mol. The first-order valence-corrected chi connectivity index (χ1v) is 10.7. The van der Waals surface area contributed by atoms with Crippen molar-refractivity contribution in [2.75, 3.05) is 5.32 Å². The van der Waals surface area contributed by atoms with Crippen molar-refractivity contribution >= 4 is 45.8 Å². The molecule has 4 aromatic rings. The average Bonchev–Trinajstić information content (AvgIpc) is 3.39. The van der Waals surface area contributed by atoms with Gasteiger partial charge in [-0.3, -0.25) is 4.79 Å². The fourth-order valence-corrected chi connectivity index (χ4v) is 4.47. The van der Waals surface area contributed by atoms with Crippen LogP contribution in [0, 0.1) is 5.82 Å². The topological polar surface area (TPSA) is 104 Å². The van der Waals surface area contributed by atoms with Gasteiger partial charge in [0.25, 0.3) is 0 Å². The molecule has 10 heteroatoms. The SMILES string of the molecule is CC(C)(c1cccs1)C(CC(=O)O)Nc1nc(-c2c[nH]c3ncc(Cl)cc23)ncc1F. The van der Waals surface area contributed by atoms with Gasteiger partial charge < -0.3 is 15.4 Å². The van der Waals surface area contributed by atoms with Crippen LogP contribution in [0.25, 0.3) is 22.4 Å². The van der Waals surface area contributed by atoms with Gasteiger partial charge >= 0.3 is 5.97 Å². The molecular weight excluding hydrogens is 441 g/mol. The van der Waals surface area contributed by atoms with Crippen molar-refractivity contribution in [2.24, 2.45) is 0 Å². The molecule has 0 aliphatic heterocycles. The molecule has 0 aliphatic carbocycles. The van der Waals surface area contributed by atoms with Crippen molar-refractivity contribution < 1.29 is 14.3 Å². The number of H-pyrrole nitrogens is 1. The third-order valence-corrected chi connectivity index (χ3v) is 6.62. The number of aromatic amines is 1. The summed E-state index contributed by atoms with van der Waals surface area (Å²) in [7, 11) is 0. The molecule has 4 heterocycles. The number of aliphatic carboxylic acids is 1. The summed E-state index contributed by atoms with van der Waals surface area (Å²) in [6.07, 6.45) is 4.05. The van der Waals surface area contributed by atoms with E-state index in [1.165, 1.54) is 17.5 Å². The number of pyridine rings is 1. The molecule has 0 fully saturated rings. The van der Waals surface area contributed by atoms with Crippen LogP contribution in [0.2, 0.25) is 5.02 Å². The number of hydrogen-bond acceptors (Lipinski definition) is 6. The highest BCUT2D eigenvalue weighted by atomic mass is 35.5. The van der Waals surface area contributed by atoms with Crippen LogP contribution in [0.15, 0.2) is 42.2 Å². The Hall–Kier alpha value is -3.04. The summed E-state index contributed by atoms with van der Waals surface area (Å²) < 4.78 is 14.6. The lowest BCUT2D eigenvalue weighted by Crippen LogP contribution is -2.41. The molecule has 0 bridgehead atoms. The fourth-order valence-electron chi connectivity index (χ4n) is 3.40. The van der Waals surface area contributed by atoms with Gasteiger partial charge in [-0.05, 0) is 17.5 Å². The number of nitrogens with one attached hydrogen (secondary N) is 2. The Bertz CT molecular complexity index is 1240. The van der Waals surface area contributed by atoms with Crippen LogP contribution in [0.4, 0.5) is 10.2 Å². The molecule has 4 aromatic heterocycles. The normalized spacial score (nSPS) is 12.8. The number of halogens is 2. The maximum atomic E-state index is 14.6. The van der Waals surface area contributed by atoms with Crippen molar-refractivity contribution in [1.82, 2.24) is 19.9 Å². The van der Waals surface area contributed by atoms with Gasteiger partial charge in [0, 0.05) is 39.7 Å². The molecule has 0 radical (unpaired) electrons. The summed E-state index contributed by atoms with van der Waals surface area (Å²) in [5.74, 6) is -1.46. The minimum Gasteiger partial charge on any atom is -0.481 e. The van der Waals surface area contributed by atoms with Gasteiger partial charge in [0.2, 0.25) is 0 Å². The number of carboxylic acid groups (broad SMARTS) is 1. The monoisotopic (exact) mass is 459 g/mol. The predicted molar refractivity (Wildman–Crippen MR) is 119 cm³/mol. The molecule has 1 unspecified atom stereocenters. The summed E-state index contributed by atoms with van der Waals surface area (Å²) in [6.45, 7) is 3.85. The van der Waals surface area contributed by atoms with Crippen LogP contribution in [0.1, 0.15) is 25.1 Å². The van der Waals surface area contributed by atoms with E-state index >= 15 is 0 Å². The molecule has 31 heavy (non-hydrogen) atoms. The molecule has 0 spiro atoms. The number of anilines is 1. The van der Waals surface area contributed by atoms with E-state index in [2.05, 4.69) is 25.3 Å². The van der Waals surface area contributed by atoms with E-state index in [1.54, 1.807) is 12.3 Å². The van der Waals surface area contributed by atoms with Crippen LogP contribution in [0.5, 0.6) is 0 Å². The Morgan fingerprint density at radius 2 is 2.19 bits per heavy atom. The highest BCUT2D eigenvalue weighted by Crippen LogP contribution is 2.35. The zero-order valence-electron chi connectivity index (χ0n) is 16.7. The number of hydrogen-bond donors (Lipinski definition) is 3. The quantitative estimate of drug-likeness (QED) is 0.355. The molecular formula is C21H19ClFN5O2S. The van der Waals surface area contributed by atoms with Gasteiger partial charge in [0.05, 0.1) is 17.6 Å². The Balaban J connectivity index is 1.73. The molecule has 1 atom stereocenters. The molecule has 3 N–H and O–H groups in total. The number of carboxylic acids is 1. The third-order valence-electron chi connectivity index (χ3n) is 5.20. The second-order valence-electron chi connectivity index (χ2n) is 7.64. The highest BCUT2D eigenvalue weighted by molar-refractivity contribution is 7.10. The number of rotatable bonds is 7. The molecule has 4 rings (SSSR count). The van der Waals surface area contributed by atoms with Gasteiger partial charge in [-0.2, -0.15) is 0 Å². The maximum Gasteiger partial charge on any atom is 0.305 e. The number of nitrogens with zero attached hydrogens (tertiary/aromatic N) is 3. The van der Waals surface area contributed by atoms with Crippen molar-refractivity contribution in [1.29, 1.82) is 0 Å². The standard InChI is InChI=1S/C21H19ClFN5O2S/c1-21(2,16-4-3-5-31-16)15(7-17(29)30)27-20-14(23)10-26-19(28-20)13-9-25-18-12(13)6-11(22)8-24-18/h3-6,8-10,15H,7H2,1-2H3,(H,24,25)(H,29,30)(H,26,27,28). The van der Waals surface area contributed by atoms with E-state index in [9.17, 15) is 14.3 Å². The van der Waals surface area contributed by atoms with Crippen LogP contribution < -0.4 is 5.32 Å². The first-order chi connectivity index (χ1) is 14.8. The largest absolute Gasteiger partial charge is 0.481 e. The van der Waals surface area contributed by atoms with E-state index in [-0.39, 0.29) is 18.1 Å². The molecule has 7 nitrogen and oxygen atoms in total. The molecule has 0 saturated heterocycles. The fraction of sp³-hybridized carbons (Fsp3) is 0.238. The second kappa shape index (κ2) is 8.24. The van der Waals surface area contributed by atoms with Crippen LogP contribution >= 0.6 is 22.9 Å². The van der Waals surface area contributed by atoms with Gasteiger partial charge in [0.1, 0.15) is 5.65 Å². The lowest BCUT2D eigenvalue weighted by molar-refractivity contribution is -0.137. The molecule has 0 saturated carbocycles. The van der Waals surface area contributed by atoms with Gasteiger partial charge in [-0.1, -0.05) is 31.5 Å². The van der Waals surface area contributed by atoms with E-state index in [0.29, 0.717) is 21.6 Å². The van der Waals surface area contributed by atoms with E-state index in [0.717, 1.165) is 11.1 Å². The number of carbonyl (C=O) groups is 1. The highest BCUT2D eigenvalue weighted by Gasteiger charge is 2.35. The maximum absolute atomic E-state index is 14.6. The van der Waals surface area contributed by atoms with Crippen molar-refractivity contribution in [3.8, 4) is 11.4 Å². The van der Waals surface area contributed by atoms with Crippen molar-refractivity contribution in [3.63, 3.8) is 0 Å². The third kappa shape index (κ3) is 4.24. The molecule has 0 aliphatic rings. The summed E-state index contributed by atoms with van der Waals surface area (Å²) >= 11 is 7.58. The van der Waals surface area contributed by atoms with Crippen molar-refractivity contribution in [3.05, 3.63) is 57.9 Å². The van der Waals surface area contributed by atoms with Crippen LogP contribution in [-0.2, 0) is 10.2 Å². The number of aromatic nitrogens is 4. The van der Waals surface area contributed by atoms with Crippen LogP contribution in [-0.4, -0.2) is 37.1 Å². The summed E-state index contributed by atoms with van der Waals surface area (Å²) in [5, 5.41) is 15.5. The van der Waals surface area contributed by atoms with E-state index in [4.69, 9.17) is 11.6 Å². The smallest absolute Gasteiger partial charge is 0.305 e. The number of thiophene rings is 1. The Morgan fingerprint density at radius 3 is 2.90 bits per heavy atom. The first kappa shape index (κ1) is 21.2. The molecule has 0 amide bonds. The number of fused-ring (bicyclic) bond motifs is 1. The minimum atomic E-state index is -0.992. The van der Waals surface area contributed by atoms with E-state index < -0.39 is 23.2 Å². The zero-order valence-corrected chi connectivity index (χ0v) is 18.3. The lowest BCUT2D eigenvalue weighted by atomic mass is 9.81. The van der Waals surface area contributed by atoms with Crippen molar-refractivity contribution in [2.45, 2.75) is 31.7 Å². The summed E-state index contributed by atoms with van der Waals surface area (Å²) in [6, 6.07) is 4.95. The zero-order chi connectivity index (χ0) is 22.2. The molecule has 0 aromatic carbocycles. The van der Waals surface area contributed by atoms with Gasteiger partial charge in [-0.15, -0.1) is 11.3 Å². The van der Waals surface area contributed by atoms with Crippen LogP contribution in [0.3, 0.4) is 0 Å². The van der Waals surface area contributed by atoms with Gasteiger partial charge in [0.15, 0.2) is 17.5 Å². The van der Waals surface area contributed by atoms with Gasteiger partial charge in [-0.25, -0.2) is 19.3 Å². The minimum absolute atomic E-state index is 0.0646. The Labute approximate surface area is 186 Å². The van der Waals surface area contributed by atoms with E-state index in [1.807, 2.05) is 31.4 Å². The lowest BCUT2D eigenvalue weighted by Gasteiger charge is -2.34. The second-order valence-corrected chi connectivity index (χ2v) is 9.02. The Morgan fingerprint density at radius 1 is 1.39 bits per heavy atom. The summed E-state index contributed by atoms with van der Waals surface area (Å²) in [4.78, 5) is 28.2. The first-order valence-electron chi connectivity index (χ1n) is 9.43. The molecule has 160 valence electrons.